The predicted octanol–water partition coefficient (Wildman–Crippen LogP) is 3.19. The zero-order chi connectivity index (χ0) is 18.2. The fourth-order valence-electron chi connectivity index (χ4n) is 1.91. The number of nitrogens with zero attached hydrogens (tertiary/aromatic N) is 5. The van der Waals surface area contributed by atoms with Gasteiger partial charge in [0.2, 0.25) is 0 Å². The van der Waals surface area contributed by atoms with E-state index in [2.05, 4.69) is 19.8 Å². The number of likely N-dealkylation sites (N-methyl/N-ethyl adjacent to an activating group) is 2. The van der Waals surface area contributed by atoms with E-state index in [-0.39, 0.29) is 0 Å². The number of amidine groups is 1. The molecule has 1 aliphatic rings. The summed E-state index contributed by atoms with van der Waals surface area (Å²) in [7, 11) is -6.66. The molecule has 1 aliphatic heterocycles. The van der Waals surface area contributed by atoms with E-state index in [9.17, 15) is 25.2 Å². The Kier molecular flexibility index (Phi) is 3.95. The van der Waals surface area contributed by atoms with Gasteiger partial charge < -0.3 is 0 Å². The van der Waals surface area contributed by atoms with E-state index in [0.717, 1.165) is 30.1 Å². The Labute approximate surface area is 132 Å². The summed E-state index contributed by atoms with van der Waals surface area (Å²) >= 11 is 0. The summed E-state index contributed by atoms with van der Waals surface area (Å²) in [5.41, 5.74) is 1.70. The fraction of sp³-hybridized carbons (Fsp3) is 0.364. The van der Waals surface area contributed by atoms with Crippen LogP contribution < -0.4 is 4.84 Å². The number of para-hydroxylation sites is 1. The van der Waals surface area contributed by atoms with E-state index >= 15 is 0 Å². The average molecular weight is 377 g/mol. The molecule has 24 heavy (non-hydrogen) atoms. The number of aromatic nitrogens is 3. The number of rotatable bonds is 1. The first-order valence-electron chi connectivity index (χ1n) is 6.55. The first kappa shape index (κ1) is 18.2. The molecule has 136 valence electrons. The Morgan fingerprint density at radius 2 is 1.71 bits per heavy atom. The summed E-state index contributed by atoms with van der Waals surface area (Å²) in [4.78, 5) is 9.28. The molecule has 0 spiro atoms. The van der Waals surface area contributed by atoms with Gasteiger partial charge in [0.15, 0.2) is 0 Å². The van der Waals surface area contributed by atoms with Crippen LogP contribution in [0.3, 0.4) is 0 Å². The van der Waals surface area contributed by atoms with E-state index in [4.69, 9.17) is 4.84 Å². The number of hydrogen-bond donors (Lipinski definition) is 0. The topological polar surface area (TPSA) is 46.2 Å². The molecule has 2 heterocycles. The van der Waals surface area contributed by atoms with Crippen LogP contribution in [0.15, 0.2) is 24.3 Å². The second-order valence-corrected chi connectivity index (χ2v) is 7.04. The summed E-state index contributed by atoms with van der Waals surface area (Å²) in [5, 5.41) is 8.05. The molecular formula is C11H14F6N5OP. The van der Waals surface area contributed by atoms with Crippen LogP contribution in [0.5, 0.6) is 0 Å². The van der Waals surface area contributed by atoms with Crippen molar-refractivity contribution >= 4 is 24.9 Å². The minimum atomic E-state index is -10.7. The first-order valence-corrected chi connectivity index (χ1v) is 8.58. The molecule has 0 unspecified atom stereocenters. The molecule has 0 saturated heterocycles. The zero-order valence-corrected chi connectivity index (χ0v) is 13.5. The molecule has 0 radical (unpaired) electrons. The van der Waals surface area contributed by atoms with Crippen molar-refractivity contribution in [1.29, 1.82) is 0 Å². The second-order valence-electron chi connectivity index (χ2n) is 5.13. The number of halogens is 6. The van der Waals surface area contributed by atoms with Crippen molar-refractivity contribution in [3.05, 3.63) is 24.3 Å². The van der Waals surface area contributed by atoms with Crippen molar-refractivity contribution < 1.29 is 34.6 Å². The third kappa shape index (κ3) is 5.84. The maximum absolute atomic E-state index is 10.7. The van der Waals surface area contributed by atoms with E-state index in [1.807, 2.05) is 38.4 Å². The fourth-order valence-corrected chi connectivity index (χ4v) is 1.91. The minimum absolute atomic E-state index is 0.792. The van der Waals surface area contributed by atoms with Gasteiger partial charge in [-0.05, 0) is 17.3 Å². The molecule has 0 bridgehead atoms. The van der Waals surface area contributed by atoms with Gasteiger partial charge in [0.05, 0.1) is 14.1 Å². The van der Waals surface area contributed by atoms with Crippen LogP contribution in [-0.4, -0.2) is 57.8 Å². The van der Waals surface area contributed by atoms with Gasteiger partial charge >= 0.3 is 39.0 Å². The molecule has 0 amide bonds. The van der Waals surface area contributed by atoms with Crippen molar-refractivity contribution in [2.45, 2.75) is 0 Å². The standard InChI is InChI=1S/C11H14N5O.F6P/c1-14-7-8-15(2)11(14)17-16-10-6-4-3-5-9(10)12-13-16;1-7(2,3,4,5)6/h3-6H,7-8H2,1-2H3;/q+1;-1. The van der Waals surface area contributed by atoms with Crippen LogP contribution in [0, 0.1) is 0 Å². The molecule has 0 saturated carbocycles. The molecule has 1 aromatic carbocycles. The summed E-state index contributed by atoms with van der Waals surface area (Å²) < 4.78 is 61.2. The van der Waals surface area contributed by atoms with Crippen molar-refractivity contribution in [2.75, 3.05) is 27.2 Å². The average Bonchev–Trinajstić information content (AvgIpc) is 2.94. The molecule has 3 rings (SSSR count). The summed E-state index contributed by atoms with van der Waals surface area (Å²) in [6.45, 7) is 1.91. The predicted molar refractivity (Wildman–Crippen MR) is 76.4 cm³/mol. The third-order valence-electron chi connectivity index (χ3n) is 2.91. The van der Waals surface area contributed by atoms with E-state index in [1.54, 1.807) is 0 Å². The van der Waals surface area contributed by atoms with Crippen molar-refractivity contribution in [1.82, 2.24) is 20.1 Å². The molecule has 0 N–H and O–H groups in total. The molecule has 2 aromatic rings. The Morgan fingerprint density at radius 3 is 2.25 bits per heavy atom. The Balaban J connectivity index is 0.000000256. The molecule has 0 fully saturated rings. The summed E-state index contributed by atoms with van der Waals surface area (Å²) in [5.74, 6) is 0. The van der Waals surface area contributed by atoms with Crippen molar-refractivity contribution in [2.24, 2.45) is 0 Å². The third-order valence-corrected chi connectivity index (χ3v) is 2.91. The molecule has 1 aromatic heterocycles. The monoisotopic (exact) mass is 377 g/mol. The Hall–Kier alpha value is -2.10. The van der Waals surface area contributed by atoms with E-state index in [0.29, 0.717) is 0 Å². The number of benzene rings is 1. The van der Waals surface area contributed by atoms with Gasteiger partial charge in [-0.3, -0.25) is 4.84 Å². The molecule has 0 atom stereocenters. The normalized spacial score (nSPS) is 18.1. The number of hydrogen-bond acceptors (Lipinski definition) is 4. The van der Waals surface area contributed by atoms with Crippen LogP contribution in [0.1, 0.15) is 0 Å². The van der Waals surface area contributed by atoms with Gasteiger partial charge in [-0.1, -0.05) is 17.0 Å². The Bertz CT molecular complexity index is 775. The molecule has 0 aliphatic carbocycles. The quantitative estimate of drug-likeness (QED) is 0.435. The van der Waals surface area contributed by atoms with Gasteiger partial charge in [-0.15, -0.1) is 5.10 Å². The van der Waals surface area contributed by atoms with Gasteiger partial charge in [0.25, 0.3) is 0 Å². The molecular weight excluding hydrogens is 363 g/mol. The zero-order valence-electron chi connectivity index (χ0n) is 12.6. The summed E-state index contributed by atoms with van der Waals surface area (Å²) in [6, 6.07) is 8.51. The van der Waals surface area contributed by atoms with Crippen LogP contribution in [0.25, 0.3) is 11.0 Å². The number of fused-ring (bicyclic) bond motifs is 1. The van der Waals surface area contributed by atoms with Gasteiger partial charge in [0, 0.05) is 0 Å². The SMILES string of the molecule is CN1CC[N+](C)=C1On1nnc2ccccc21.F[P-](F)(F)(F)(F)F. The first-order chi connectivity index (χ1) is 10.7. The van der Waals surface area contributed by atoms with E-state index < -0.39 is 7.81 Å². The molecule has 6 nitrogen and oxygen atoms in total. The van der Waals surface area contributed by atoms with Crippen LogP contribution in [-0.2, 0) is 0 Å². The maximum atomic E-state index is 9.87. The Morgan fingerprint density at radius 1 is 1.12 bits per heavy atom. The van der Waals surface area contributed by atoms with E-state index in [1.165, 1.54) is 4.85 Å². The van der Waals surface area contributed by atoms with Crippen LogP contribution in [0.2, 0.25) is 0 Å². The van der Waals surface area contributed by atoms with Gasteiger partial charge in [0.1, 0.15) is 24.1 Å². The van der Waals surface area contributed by atoms with Gasteiger partial charge in [-0.25, -0.2) is 9.48 Å². The van der Waals surface area contributed by atoms with Crippen LogP contribution in [0.4, 0.5) is 25.2 Å². The van der Waals surface area contributed by atoms with Crippen LogP contribution >= 0.6 is 7.81 Å². The van der Waals surface area contributed by atoms with Crippen molar-refractivity contribution in [3.63, 3.8) is 0 Å². The second kappa shape index (κ2) is 5.20. The van der Waals surface area contributed by atoms with Crippen molar-refractivity contribution in [3.8, 4) is 0 Å². The van der Waals surface area contributed by atoms with Gasteiger partial charge in [-0.2, -0.15) is 0 Å². The summed E-state index contributed by atoms with van der Waals surface area (Å²) in [6.07, 6.45) is 0. The molecule has 13 heteroatoms.